The maximum Gasteiger partial charge on any atom is 0.294 e. The number of anilines is 1. The number of aryl methyl sites for hydroxylation is 1. The lowest BCUT2D eigenvalue weighted by Gasteiger charge is -2.27. The van der Waals surface area contributed by atoms with Crippen LogP contribution in [0.2, 0.25) is 0 Å². The maximum absolute atomic E-state index is 13.1. The van der Waals surface area contributed by atoms with Gasteiger partial charge in [0, 0.05) is 12.1 Å². The van der Waals surface area contributed by atoms with Crippen LogP contribution in [0.25, 0.3) is 0 Å². The molecule has 2 aromatic carbocycles. The van der Waals surface area contributed by atoms with Crippen molar-refractivity contribution in [3.05, 3.63) is 71.0 Å². The van der Waals surface area contributed by atoms with Crippen LogP contribution in [0.15, 0.2) is 59.9 Å². The lowest BCUT2D eigenvalue weighted by Crippen LogP contribution is -2.31. The molecule has 164 valence electrons. The van der Waals surface area contributed by atoms with Gasteiger partial charge < -0.3 is 9.84 Å². The highest BCUT2D eigenvalue weighted by Crippen LogP contribution is 2.42. The van der Waals surface area contributed by atoms with Crippen molar-refractivity contribution in [3.63, 3.8) is 0 Å². The molecule has 0 aliphatic carbocycles. The number of ether oxygens (including phenoxy) is 1. The predicted octanol–water partition coefficient (Wildman–Crippen LogP) is 5.55. The van der Waals surface area contributed by atoms with Crippen LogP contribution in [0, 0.1) is 18.8 Å². The number of nitrogens with zero attached hydrogens (tertiary/aromatic N) is 1. The summed E-state index contributed by atoms with van der Waals surface area (Å²) in [7, 11) is 0. The van der Waals surface area contributed by atoms with E-state index in [0.29, 0.717) is 24.0 Å². The first-order valence-corrected chi connectivity index (χ1v) is 10.8. The number of carbonyl (C=O) groups excluding carboxylic acids is 2. The van der Waals surface area contributed by atoms with Crippen LogP contribution in [-0.4, -0.2) is 23.4 Å². The van der Waals surface area contributed by atoms with Gasteiger partial charge in [-0.25, -0.2) is 0 Å². The van der Waals surface area contributed by atoms with E-state index in [1.165, 1.54) is 4.90 Å². The molecule has 31 heavy (non-hydrogen) atoms. The lowest BCUT2D eigenvalue weighted by atomic mass is 9.91. The highest BCUT2D eigenvalue weighted by atomic mass is 16.5. The van der Waals surface area contributed by atoms with Crippen LogP contribution < -0.4 is 9.64 Å². The highest BCUT2D eigenvalue weighted by molar-refractivity contribution is 6.16. The molecule has 0 bridgehead atoms. The summed E-state index contributed by atoms with van der Waals surface area (Å²) in [5, 5.41) is 10.7. The van der Waals surface area contributed by atoms with Crippen molar-refractivity contribution in [3.8, 4) is 5.75 Å². The van der Waals surface area contributed by atoms with Gasteiger partial charge in [-0.05, 0) is 48.6 Å². The molecule has 1 aliphatic rings. The molecule has 0 radical (unpaired) electrons. The molecular formula is C26H31NO4. The summed E-state index contributed by atoms with van der Waals surface area (Å²) < 4.78 is 5.75. The fourth-order valence-electron chi connectivity index (χ4n) is 3.76. The quantitative estimate of drug-likeness (QED) is 0.607. The third kappa shape index (κ3) is 4.98. The summed E-state index contributed by atoms with van der Waals surface area (Å²) in [6, 6.07) is 14.2. The average molecular weight is 422 g/mol. The van der Waals surface area contributed by atoms with Crippen molar-refractivity contribution in [2.24, 2.45) is 11.8 Å². The van der Waals surface area contributed by atoms with E-state index in [-0.39, 0.29) is 23.7 Å². The second-order valence-electron chi connectivity index (χ2n) is 8.97. The van der Waals surface area contributed by atoms with E-state index in [9.17, 15) is 14.7 Å². The Labute approximate surface area is 184 Å². The Morgan fingerprint density at radius 2 is 1.74 bits per heavy atom. The molecule has 0 aromatic heterocycles. The van der Waals surface area contributed by atoms with Gasteiger partial charge in [0.05, 0.1) is 18.2 Å². The summed E-state index contributed by atoms with van der Waals surface area (Å²) in [4.78, 5) is 27.7. The molecule has 0 saturated heterocycles. The normalized spacial score (nSPS) is 16.5. The molecule has 5 nitrogen and oxygen atoms in total. The van der Waals surface area contributed by atoms with Gasteiger partial charge in [0.25, 0.3) is 5.91 Å². The van der Waals surface area contributed by atoms with Gasteiger partial charge in [0.15, 0.2) is 11.5 Å². The number of hydrogen-bond donors (Lipinski definition) is 1. The zero-order valence-corrected chi connectivity index (χ0v) is 18.9. The number of amides is 1. The molecule has 0 fully saturated rings. The van der Waals surface area contributed by atoms with Gasteiger partial charge >= 0.3 is 0 Å². The third-order valence-electron chi connectivity index (χ3n) is 5.16. The summed E-state index contributed by atoms with van der Waals surface area (Å²) in [5.41, 5.74) is 2.59. The average Bonchev–Trinajstić information content (AvgIpc) is 2.97. The van der Waals surface area contributed by atoms with Crippen LogP contribution >= 0.6 is 0 Å². The van der Waals surface area contributed by atoms with Crippen LogP contribution in [0.4, 0.5) is 5.69 Å². The number of hydrogen-bond acceptors (Lipinski definition) is 4. The minimum Gasteiger partial charge on any atom is -0.503 e. The van der Waals surface area contributed by atoms with E-state index in [1.54, 1.807) is 12.1 Å². The standard InChI is InChI=1S/C26H31NO4/c1-16(2)13-22(28)23-24(19-8-6-7-18(5)14-19)27(26(30)25(23)29)20-9-11-21(12-10-20)31-15-17(3)4/h6-12,14,16-17,24,29H,13,15H2,1-5H3. The first-order valence-electron chi connectivity index (χ1n) is 10.8. The van der Waals surface area contributed by atoms with Gasteiger partial charge in [-0.15, -0.1) is 0 Å². The summed E-state index contributed by atoms with van der Waals surface area (Å²) >= 11 is 0. The topological polar surface area (TPSA) is 66.8 Å². The number of benzene rings is 2. The fourth-order valence-corrected chi connectivity index (χ4v) is 3.76. The van der Waals surface area contributed by atoms with E-state index < -0.39 is 17.7 Å². The molecule has 1 N–H and O–H groups in total. The second-order valence-corrected chi connectivity index (χ2v) is 8.97. The molecule has 1 aliphatic heterocycles. The number of carbonyl (C=O) groups is 2. The number of rotatable bonds is 8. The van der Waals surface area contributed by atoms with E-state index in [2.05, 4.69) is 13.8 Å². The predicted molar refractivity (Wildman–Crippen MR) is 122 cm³/mol. The first-order chi connectivity index (χ1) is 14.7. The fraction of sp³-hybridized carbons (Fsp3) is 0.385. The summed E-state index contributed by atoms with van der Waals surface area (Å²) in [6.45, 7) is 10.6. The Morgan fingerprint density at radius 3 is 2.32 bits per heavy atom. The third-order valence-corrected chi connectivity index (χ3v) is 5.16. The molecule has 2 aromatic rings. The Balaban J connectivity index is 2.02. The monoisotopic (exact) mass is 421 g/mol. The van der Waals surface area contributed by atoms with Crippen molar-refractivity contribution >= 4 is 17.4 Å². The van der Waals surface area contributed by atoms with Crippen molar-refractivity contribution in [2.45, 2.75) is 47.1 Å². The molecule has 1 unspecified atom stereocenters. The molecular weight excluding hydrogens is 390 g/mol. The number of aliphatic hydroxyl groups excluding tert-OH is 1. The van der Waals surface area contributed by atoms with Gasteiger partial charge in [0.2, 0.25) is 0 Å². The number of Topliss-reactive ketones (excluding diaryl/α,β-unsaturated/α-hetero) is 1. The zero-order chi connectivity index (χ0) is 22.7. The van der Waals surface area contributed by atoms with Crippen LogP contribution in [0.1, 0.15) is 51.3 Å². The van der Waals surface area contributed by atoms with Crippen molar-refractivity contribution < 1.29 is 19.4 Å². The van der Waals surface area contributed by atoms with Gasteiger partial charge in [-0.3, -0.25) is 14.5 Å². The summed E-state index contributed by atoms with van der Waals surface area (Å²) in [5.74, 6) is 0.0108. The van der Waals surface area contributed by atoms with E-state index >= 15 is 0 Å². The molecule has 5 heteroatoms. The van der Waals surface area contributed by atoms with E-state index in [4.69, 9.17) is 4.74 Å². The lowest BCUT2D eigenvalue weighted by molar-refractivity contribution is -0.118. The van der Waals surface area contributed by atoms with E-state index in [0.717, 1.165) is 11.1 Å². The number of aliphatic hydroxyl groups is 1. The first kappa shape index (κ1) is 22.6. The molecule has 1 amide bonds. The Bertz CT molecular complexity index is 989. The molecule has 1 heterocycles. The second kappa shape index (κ2) is 9.38. The maximum atomic E-state index is 13.1. The molecule has 1 atom stereocenters. The van der Waals surface area contributed by atoms with Crippen molar-refractivity contribution in [2.75, 3.05) is 11.5 Å². The van der Waals surface area contributed by atoms with Crippen molar-refractivity contribution in [1.82, 2.24) is 0 Å². The SMILES string of the molecule is Cc1cccc(C2C(C(=O)CC(C)C)=C(O)C(=O)N2c2ccc(OCC(C)C)cc2)c1. The largest absolute Gasteiger partial charge is 0.503 e. The Kier molecular flexibility index (Phi) is 6.84. The van der Waals surface area contributed by atoms with Crippen molar-refractivity contribution in [1.29, 1.82) is 0 Å². The molecule has 0 spiro atoms. The smallest absolute Gasteiger partial charge is 0.294 e. The number of ketones is 1. The minimum atomic E-state index is -0.666. The van der Waals surface area contributed by atoms with Crippen LogP contribution in [-0.2, 0) is 9.59 Å². The van der Waals surface area contributed by atoms with Gasteiger partial charge in [0.1, 0.15) is 5.75 Å². The van der Waals surface area contributed by atoms with Gasteiger partial charge in [-0.1, -0.05) is 57.5 Å². The highest BCUT2D eigenvalue weighted by Gasteiger charge is 2.44. The minimum absolute atomic E-state index is 0.118. The zero-order valence-electron chi connectivity index (χ0n) is 18.9. The van der Waals surface area contributed by atoms with Crippen LogP contribution in [0.5, 0.6) is 5.75 Å². The van der Waals surface area contributed by atoms with E-state index in [1.807, 2.05) is 57.2 Å². The molecule has 3 rings (SSSR count). The molecule has 0 saturated carbocycles. The van der Waals surface area contributed by atoms with Crippen LogP contribution in [0.3, 0.4) is 0 Å². The Hall–Kier alpha value is -3.08. The summed E-state index contributed by atoms with van der Waals surface area (Å²) in [6.07, 6.45) is 0.269. The Morgan fingerprint density at radius 1 is 1.06 bits per heavy atom. The van der Waals surface area contributed by atoms with Gasteiger partial charge in [-0.2, -0.15) is 0 Å².